The van der Waals surface area contributed by atoms with Gasteiger partial charge in [-0.05, 0) is 38.0 Å². The van der Waals surface area contributed by atoms with E-state index in [9.17, 15) is 4.79 Å². The highest BCUT2D eigenvalue weighted by atomic mass is 16.1. The molecule has 2 aliphatic carbocycles. The van der Waals surface area contributed by atoms with Crippen molar-refractivity contribution in [3.8, 4) is 0 Å². The first-order valence-electron chi connectivity index (χ1n) is 6.96. The zero-order valence-electron chi connectivity index (χ0n) is 10.5. The highest BCUT2D eigenvalue weighted by molar-refractivity contribution is 5.79. The minimum Gasteiger partial charge on any atom is -0.352 e. The summed E-state index contributed by atoms with van der Waals surface area (Å²) in [6.45, 7) is 0.582. The van der Waals surface area contributed by atoms with Crippen molar-refractivity contribution in [3.63, 3.8) is 0 Å². The average Bonchev–Trinajstić information content (AvgIpc) is 2.90. The van der Waals surface area contributed by atoms with E-state index < -0.39 is 0 Å². The average molecular weight is 236 g/mol. The van der Waals surface area contributed by atoms with Crippen LogP contribution in [-0.2, 0) is 4.79 Å². The number of carbonyl (C=O) groups excluding carboxylic acids is 1. The fraction of sp³-hybridized carbons (Fsp3) is 0.786. The molecule has 0 aromatic rings. The molecule has 2 atom stereocenters. The summed E-state index contributed by atoms with van der Waals surface area (Å²) in [5, 5.41) is 3.18. The fourth-order valence-electron chi connectivity index (χ4n) is 3.06. The molecule has 1 saturated carbocycles. The van der Waals surface area contributed by atoms with E-state index in [0.29, 0.717) is 12.5 Å². The molecular formula is C14H24N2O. The molecule has 2 aliphatic rings. The summed E-state index contributed by atoms with van der Waals surface area (Å²) in [5.74, 6) is 1.01. The van der Waals surface area contributed by atoms with Crippen LogP contribution in [0.1, 0.15) is 44.9 Å². The molecule has 17 heavy (non-hydrogen) atoms. The Bertz CT molecular complexity index is 282. The zero-order chi connectivity index (χ0) is 12.1. The Morgan fingerprint density at radius 2 is 2.06 bits per heavy atom. The van der Waals surface area contributed by atoms with Gasteiger partial charge in [-0.2, -0.15) is 0 Å². The first-order chi connectivity index (χ1) is 8.31. The summed E-state index contributed by atoms with van der Waals surface area (Å²) in [7, 11) is 0. The third-order valence-electron chi connectivity index (χ3n) is 4.19. The van der Waals surface area contributed by atoms with Crippen LogP contribution >= 0.6 is 0 Å². The molecule has 3 N–H and O–H groups in total. The lowest BCUT2D eigenvalue weighted by Crippen LogP contribution is -2.47. The lowest BCUT2D eigenvalue weighted by molar-refractivity contribution is -0.126. The quantitative estimate of drug-likeness (QED) is 0.733. The van der Waals surface area contributed by atoms with Crippen LogP contribution in [0.2, 0.25) is 0 Å². The van der Waals surface area contributed by atoms with E-state index in [1.165, 1.54) is 25.7 Å². The molecule has 0 bridgehead atoms. The SMILES string of the molecule is NCC(NC(=O)C1CC=CCC1)C1CCCC1. The highest BCUT2D eigenvalue weighted by Gasteiger charge is 2.27. The highest BCUT2D eigenvalue weighted by Crippen LogP contribution is 2.28. The second kappa shape index (κ2) is 6.20. The predicted octanol–water partition coefficient (Wildman–Crippen LogP) is 1.98. The van der Waals surface area contributed by atoms with Crippen molar-refractivity contribution in [2.45, 2.75) is 51.0 Å². The van der Waals surface area contributed by atoms with E-state index in [0.717, 1.165) is 19.3 Å². The number of rotatable bonds is 4. The summed E-state index contributed by atoms with van der Waals surface area (Å²) < 4.78 is 0. The molecule has 3 nitrogen and oxygen atoms in total. The molecule has 96 valence electrons. The van der Waals surface area contributed by atoms with E-state index in [1.54, 1.807) is 0 Å². The van der Waals surface area contributed by atoms with Gasteiger partial charge in [0.05, 0.1) is 0 Å². The van der Waals surface area contributed by atoms with Crippen LogP contribution in [0.25, 0.3) is 0 Å². The molecule has 1 amide bonds. The zero-order valence-corrected chi connectivity index (χ0v) is 10.5. The molecule has 2 rings (SSSR count). The summed E-state index contributed by atoms with van der Waals surface area (Å²) in [6, 6.07) is 0.205. The molecule has 0 radical (unpaired) electrons. The van der Waals surface area contributed by atoms with Crippen LogP contribution in [0, 0.1) is 11.8 Å². The van der Waals surface area contributed by atoms with Gasteiger partial charge in [0.1, 0.15) is 0 Å². The van der Waals surface area contributed by atoms with Gasteiger partial charge in [-0.15, -0.1) is 0 Å². The van der Waals surface area contributed by atoms with Crippen LogP contribution in [0.4, 0.5) is 0 Å². The van der Waals surface area contributed by atoms with Gasteiger partial charge in [-0.3, -0.25) is 4.79 Å². The maximum Gasteiger partial charge on any atom is 0.223 e. The standard InChI is InChI=1S/C14H24N2O/c15-10-13(11-6-4-5-7-11)16-14(17)12-8-2-1-3-9-12/h1-2,11-13H,3-10,15H2,(H,16,17). The molecule has 0 aromatic carbocycles. The monoisotopic (exact) mass is 236 g/mol. The van der Waals surface area contributed by atoms with E-state index >= 15 is 0 Å². The minimum absolute atomic E-state index is 0.176. The molecule has 1 fully saturated rings. The van der Waals surface area contributed by atoms with Gasteiger partial charge in [0, 0.05) is 18.5 Å². The maximum absolute atomic E-state index is 12.1. The molecule has 2 unspecified atom stereocenters. The van der Waals surface area contributed by atoms with Gasteiger partial charge < -0.3 is 11.1 Å². The van der Waals surface area contributed by atoms with E-state index in [4.69, 9.17) is 5.73 Å². The van der Waals surface area contributed by atoms with Crippen LogP contribution < -0.4 is 11.1 Å². The molecule has 0 heterocycles. The van der Waals surface area contributed by atoms with Crippen molar-refractivity contribution in [1.82, 2.24) is 5.32 Å². The summed E-state index contributed by atoms with van der Waals surface area (Å²) >= 11 is 0. The summed E-state index contributed by atoms with van der Waals surface area (Å²) in [4.78, 5) is 12.1. The smallest absolute Gasteiger partial charge is 0.223 e. The number of nitrogens with two attached hydrogens (primary N) is 1. The molecule has 0 saturated heterocycles. The summed E-state index contributed by atoms with van der Waals surface area (Å²) in [6.07, 6.45) is 12.3. The number of carbonyl (C=O) groups is 1. The Morgan fingerprint density at radius 3 is 2.65 bits per heavy atom. The molecule has 0 spiro atoms. The van der Waals surface area contributed by atoms with Gasteiger partial charge in [0.15, 0.2) is 0 Å². The van der Waals surface area contributed by atoms with Gasteiger partial charge in [0.25, 0.3) is 0 Å². The number of amides is 1. The van der Waals surface area contributed by atoms with Crippen molar-refractivity contribution < 1.29 is 4.79 Å². The van der Waals surface area contributed by atoms with E-state index in [2.05, 4.69) is 17.5 Å². The lowest BCUT2D eigenvalue weighted by atomic mass is 9.92. The Kier molecular flexibility index (Phi) is 4.60. The van der Waals surface area contributed by atoms with Crippen molar-refractivity contribution in [2.75, 3.05) is 6.54 Å². The van der Waals surface area contributed by atoms with Crippen LogP contribution in [0.15, 0.2) is 12.2 Å². The van der Waals surface area contributed by atoms with Gasteiger partial charge in [0.2, 0.25) is 5.91 Å². The van der Waals surface area contributed by atoms with Crippen LogP contribution in [0.5, 0.6) is 0 Å². The maximum atomic E-state index is 12.1. The predicted molar refractivity (Wildman–Crippen MR) is 69.4 cm³/mol. The van der Waals surface area contributed by atoms with Crippen molar-refractivity contribution in [2.24, 2.45) is 17.6 Å². The lowest BCUT2D eigenvalue weighted by Gasteiger charge is -2.26. The van der Waals surface area contributed by atoms with Gasteiger partial charge >= 0.3 is 0 Å². The second-order valence-corrected chi connectivity index (χ2v) is 5.38. The molecule has 0 aliphatic heterocycles. The normalized spacial score (nSPS) is 27.0. The molecule has 3 heteroatoms. The third kappa shape index (κ3) is 3.32. The Labute approximate surface area is 104 Å². The first kappa shape index (κ1) is 12.6. The Hall–Kier alpha value is -0.830. The van der Waals surface area contributed by atoms with Crippen molar-refractivity contribution >= 4 is 5.91 Å². The second-order valence-electron chi connectivity index (χ2n) is 5.38. The van der Waals surface area contributed by atoms with Gasteiger partial charge in [-0.1, -0.05) is 25.0 Å². The third-order valence-corrected chi connectivity index (χ3v) is 4.19. The van der Waals surface area contributed by atoms with Crippen LogP contribution in [-0.4, -0.2) is 18.5 Å². The topological polar surface area (TPSA) is 55.1 Å². The van der Waals surface area contributed by atoms with Gasteiger partial charge in [-0.25, -0.2) is 0 Å². The van der Waals surface area contributed by atoms with E-state index in [-0.39, 0.29) is 17.9 Å². The molecular weight excluding hydrogens is 212 g/mol. The van der Waals surface area contributed by atoms with Crippen molar-refractivity contribution in [3.05, 3.63) is 12.2 Å². The number of nitrogens with one attached hydrogen (secondary N) is 1. The Balaban J connectivity index is 1.84. The number of allylic oxidation sites excluding steroid dienone is 2. The summed E-state index contributed by atoms with van der Waals surface area (Å²) in [5.41, 5.74) is 5.80. The number of hydrogen-bond acceptors (Lipinski definition) is 2. The van der Waals surface area contributed by atoms with Crippen LogP contribution in [0.3, 0.4) is 0 Å². The largest absolute Gasteiger partial charge is 0.352 e. The fourth-order valence-corrected chi connectivity index (χ4v) is 3.06. The minimum atomic E-state index is 0.176. The first-order valence-corrected chi connectivity index (χ1v) is 6.96. The number of hydrogen-bond donors (Lipinski definition) is 2. The molecule has 0 aromatic heterocycles. The van der Waals surface area contributed by atoms with E-state index in [1.807, 2.05) is 0 Å². The van der Waals surface area contributed by atoms with Crippen molar-refractivity contribution in [1.29, 1.82) is 0 Å². The Morgan fingerprint density at radius 1 is 1.29 bits per heavy atom.